The molecule has 2 saturated heterocycles. The zero-order valence-electron chi connectivity index (χ0n) is 11.8. The van der Waals surface area contributed by atoms with Gasteiger partial charge in [-0.2, -0.15) is 0 Å². The lowest BCUT2D eigenvalue weighted by atomic mass is 9.96. The maximum absolute atomic E-state index is 3.29. The molecule has 3 unspecified atom stereocenters. The van der Waals surface area contributed by atoms with Gasteiger partial charge in [-0.15, -0.1) is 0 Å². The van der Waals surface area contributed by atoms with E-state index < -0.39 is 0 Å². The first-order valence-electron chi connectivity index (χ1n) is 7.33. The summed E-state index contributed by atoms with van der Waals surface area (Å²) in [4.78, 5) is 5.45. The topological polar surface area (TPSA) is 18.5 Å². The van der Waals surface area contributed by atoms with Crippen molar-refractivity contribution in [3.8, 4) is 0 Å². The van der Waals surface area contributed by atoms with Gasteiger partial charge in [0.2, 0.25) is 0 Å². The second-order valence-corrected chi connectivity index (χ2v) is 6.11. The molecule has 3 nitrogen and oxygen atoms in total. The molecule has 2 fully saturated rings. The van der Waals surface area contributed by atoms with Crippen molar-refractivity contribution >= 4 is 0 Å². The number of rotatable bonds is 4. The first-order valence-corrected chi connectivity index (χ1v) is 7.33. The lowest BCUT2D eigenvalue weighted by molar-refractivity contribution is 0.00902. The van der Waals surface area contributed by atoms with Crippen LogP contribution in [0.15, 0.2) is 0 Å². The quantitative estimate of drug-likeness (QED) is 0.800. The Morgan fingerprint density at radius 3 is 2.88 bits per heavy atom. The van der Waals surface area contributed by atoms with E-state index in [1.165, 1.54) is 45.4 Å². The van der Waals surface area contributed by atoms with Gasteiger partial charge in [0.05, 0.1) is 0 Å². The number of hydrogen-bond donors (Lipinski definition) is 1. The average molecular weight is 239 g/mol. The molecule has 2 aliphatic rings. The molecule has 0 saturated carbocycles. The van der Waals surface area contributed by atoms with Crippen LogP contribution >= 0.6 is 0 Å². The number of piperidine rings is 1. The molecule has 100 valence electrons. The Hall–Kier alpha value is -0.120. The molecule has 17 heavy (non-hydrogen) atoms. The summed E-state index contributed by atoms with van der Waals surface area (Å²) in [6.45, 7) is 11.1. The largest absolute Gasteiger partial charge is 0.319 e. The Morgan fingerprint density at radius 1 is 1.29 bits per heavy atom. The van der Waals surface area contributed by atoms with E-state index in [-0.39, 0.29) is 0 Å². The van der Waals surface area contributed by atoms with Crippen LogP contribution in [0.3, 0.4) is 0 Å². The lowest BCUT2D eigenvalue weighted by Crippen LogP contribution is -2.59. The summed E-state index contributed by atoms with van der Waals surface area (Å²) in [6, 6.07) is 1.59. The van der Waals surface area contributed by atoms with Gasteiger partial charge < -0.3 is 5.32 Å². The van der Waals surface area contributed by atoms with Gasteiger partial charge in [-0.05, 0) is 45.8 Å². The molecule has 2 aliphatic heterocycles. The number of piperazine rings is 1. The van der Waals surface area contributed by atoms with Gasteiger partial charge in [0.1, 0.15) is 0 Å². The molecular formula is C14H29N3. The van der Waals surface area contributed by atoms with E-state index in [0.29, 0.717) is 0 Å². The predicted molar refractivity (Wildman–Crippen MR) is 73.3 cm³/mol. The molecule has 2 rings (SSSR count). The fourth-order valence-corrected chi connectivity index (χ4v) is 3.48. The van der Waals surface area contributed by atoms with Gasteiger partial charge in [-0.3, -0.25) is 9.80 Å². The lowest BCUT2D eigenvalue weighted by Gasteiger charge is -2.48. The summed E-state index contributed by atoms with van der Waals surface area (Å²) in [5.74, 6) is 0.762. The van der Waals surface area contributed by atoms with Crippen molar-refractivity contribution in [3.63, 3.8) is 0 Å². The summed E-state index contributed by atoms with van der Waals surface area (Å²) >= 11 is 0. The van der Waals surface area contributed by atoms with E-state index in [2.05, 4.69) is 36.0 Å². The number of nitrogens with zero attached hydrogens (tertiary/aromatic N) is 2. The smallest absolute Gasteiger partial charge is 0.0223 e. The van der Waals surface area contributed by atoms with Crippen molar-refractivity contribution in [2.24, 2.45) is 5.92 Å². The maximum atomic E-state index is 3.29. The third-order valence-electron chi connectivity index (χ3n) is 4.42. The van der Waals surface area contributed by atoms with Crippen LogP contribution in [-0.4, -0.2) is 61.7 Å². The maximum Gasteiger partial charge on any atom is 0.0223 e. The fourth-order valence-electron chi connectivity index (χ4n) is 3.48. The summed E-state index contributed by atoms with van der Waals surface area (Å²) in [5, 5.41) is 3.29. The molecular weight excluding hydrogens is 210 g/mol. The first-order chi connectivity index (χ1) is 8.20. The fraction of sp³-hybridized carbons (Fsp3) is 1.00. The van der Waals surface area contributed by atoms with E-state index in [1.54, 1.807) is 0 Å². The third kappa shape index (κ3) is 3.43. The highest BCUT2D eigenvalue weighted by Crippen LogP contribution is 2.24. The van der Waals surface area contributed by atoms with Gasteiger partial charge >= 0.3 is 0 Å². The standard InChI is InChI=1S/C14H29N3/c1-12(8-15-3)9-17-11-14-6-4-5-7-16(14)10-13(17)2/h12-15H,4-11H2,1-3H3. The van der Waals surface area contributed by atoms with Gasteiger partial charge in [-0.1, -0.05) is 13.3 Å². The molecule has 0 spiro atoms. The van der Waals surface area contributed by atoms with Crippen molar-refractivity contribution in [1.82, 2.24) is 15.1 Å². The molecule has 0 aromatic carbocycles. The molecule has 0 aliphatic carbocycles. The Kier molecular flexibility index (Phi) is 4.83. The van der Waals surface area contributed by atoms with Gasteiger partial charge in [0, 0.05) is 31.7 Å². The molecule has 0 aromatic rings. The van der Waals surface area contributed by atoms with Gasteiger partial charge in [0.25, 0.3) is 0 Å². The molecule has 0 bridgehead atoms. The number of nitrogens with one attached hydrogen (secondary N) is 1. The summed E-state index contributed by atoms with van der Waals surface area (Å²) in [7, 11) is 2.05. The monoisotopic (exact) mass is 239 g/mol. The minimum atomic E-state index is 0.739. The second kappa shape index (κ2) is 6.17. The van der Waals surface area contributed by atoms with Crippen LogP contribution in [0.1, 0.15) is 33.1 Å². The zero-order chi connectivity index (χ0) is 12.3. The van der Waals surface area contributed by atoms with Crippen molar-refractivity contribution in [1.29, 1.82) is 0 Å². The number of hydrogen-bond acceptors (Lipinski definition) is 3. The Balaban J connectivity index is 1.86. The molecule has 3 atom stereocenters. The molecule has 0 aromatic heterocycles. The van der Waals surface area contributed by atoms with Crippen LogP contribution in [0.4, 0.5) is 0 Å². The first kappa shape index (κ1) is 13.3. The minimum Gasteiger partial charge on any atom is -0.319 e. The average Bonchev–Trinajstić information content (AvgIpc) is 2.30. The Morgan fingerprint density at radius 2 is 2.12 bits per heavy atom. The van der Waals surface area contributed by atoms with Gasteiger partial charge in [-0.25, -0.2) is 0 Å². The molecule has 3 heteroatoms. The minimum absolute atomic E-state index is 0.739. The van der Waals surface area contributed by atoms with Crippen LogP contribution in [0.5, 0.6) is 0 Å². The second-order valence-electron chi connectivity index (χ2n) is 6.11. The Labute approximate surface area is 107 Å². The zero-order valence-corrected chi connectivity index (χ0v) is 11.8. The van der Waals surface area contributed by atoms with E-state index in [0.717, 1.165) is 24.5 Å². The molecule has 2 heterocycles. The molecule has 0 radical (unpaired) electrons. The van der Waals surface area contributed by atoms with Crippen molar-refractivity contribution < 1.29 is 0 Å². The van der Waals surface area contributed by atoms with Crippen LogP contribution < -0.4 is 5.32 Å². The molecule has 1 N–H and O–H groups in total. The number of fused-ring (bicyclic) bond motifs is 1. The van der Waals surface area contributed by atoms with Crippen molar-refractivity contribution in [2.75, 3.05) is 39.8 Å². The predicted octanol–water partition coefficient (Wildman–Crippen LogP) is 1.40. The van der Waals surface area contributed by atoms with Crippen molar-refractivity contribution in [3.05, 3.63) is 0 Å². The summed E-state index contributed by atoms with van der Waals surface area (Å²) in [5.41, 5.74) is 0. The highest BCUT2D eigenvalue weighted by molar-refractivity contribution is 4.89. The summed E-state index contributed by atoms with van der Waals surface area (Å²) < 4.78 is 0. The van der Waals surface area contributed by atoms with E-state index in [1.807, 2.05) is 0 Å². The van der Waals surface area contributed by atoms with Crippen LogP contribution in [0.2, 0.25) is 0 Å². The van der Waals surface area contributed by atoms with Gasteiger partial charge in [0.15, 0.2) is 0 Å². The normalized spacial score (nSPS) is 33.4. The van der Waals surface area contributed by atoms with E-state index in [4.69, 9.17) is 0 Å². The Bertz CT molecular complexity index is 232. The SMILES string of the molecule is CNCC(C)CN1CC2CCCCN2CC1C. The third-order valence-corrected chi connectivity index (χ3v) is 4.42. The van der Waals surface area contributed by atoms with Crippen LogP contribution in [0, 0.1) is 5.92 Å². The highest BCUT2D eigenvalue weighted by Gasteiger charge is 2.32. The van der Waals surface area contributed by atoms with E-state index in [9.17, 15) is 0 Å². The van der Waals surface area contributed by atoms with Crippen LogP contribution in [0.25, 0.3) is 0 Å². The highest BCUT2D eigenvalue weighted by atomic mass is 15.3. The van der Waals surface area contributed by atoms with Crippen molar-refractivity contribution in [2.45, 2.75) is 45.2 Å². The summed E-state index contributed by atoms with van der Waals surface area (Å²) in [6.07, 6.45) is 4.28. The van der Waals surface area contributed by atoms with Crippen LogP contribution in [-0.2, 0) is 0 Å². The molecule has 0 amide bonds. The van der Waals surface area contributed by atoms with E-state index >= 15 is 0 Å².